The SMILES string of the molecule is CC(C)(C)OC(=O)N1CCC(Nc2ncc(-c3ccc(C(C)(F)F)cc3)c3nccnc23)C2(CC2)C1=O. The van der Waals surface area contributed by atoms with Crippen LogP contribution in [0.25, 0.3) is 22.2 Å². The molecule has 2 amide bonds. The Bertz CT molecular complexity index is 1360. The molecule has 1 aliphatic heterocycles. The Hall–Kier alpha value is -3.69. The average molecular weight is 510 g/mol. The van der Waals surface area contributed by atoms with Gasteiger partial charge in [0.2, 0.25) is 5.91 Å². The number of rotatable bonds is 4. The summed E-state index contributed by atoms with van der Waals surface area (Å²) in [5.41, 5.74) is 0.986. The molecule has 8 nitrogen and oxygen atoms in total. The van der Waals surface area contributed by atoms with E-state index in [2.05, 4.69) is 20.3 Å². The number of aromatic nitrogens is 3. The lowest BCUT2D eigenvalue weighted by molar-refractivity contribution is -0.139. The first-order chi connectivity index (χ1) is 17.4. The zero-order valence-electron chi connectivity index (χ0n) is 21.2. The van der Waals surface area contributed by atoms with Gasteiger partial charge in [-0.3, -0.25) is 9.78 Å². The number of benzene rings is 1. The van der Waals surface area contributed by atoms with E-state index >= 15 is 0 Å². The van der Waals surface area contributed by atoms with E-state index in [9.17, 15) is 18.4 Å². The molecule has 37 heavy (non-hydrogen) atoms. The second-order valence-corrected chi connectivity index (χ2v) is 10.8. The minimum atomic E-state index is -2.93. The molecule has 3 aromatic rings. The van der Waals surface area contributed by atoms with Crippen LogP contribution in [-0.4, -0.2) is 50.0 Å². The summed E-state index contributed by atoms with van der Waals surface area (Å²) < 4.78 is 32.8. The van der Waals surface area contributed by atoms with Gasteiger partial charge in [-0.05, 0) is 45.6 Å². The zero-order chi connectivity index (χ0) is 26.6. The van der Waals surface area contributed by atoms with Crippen molar-refractivity contribution in [2.24, 2.45) is 5.41 Å². The molecular weight excluding hydrogens is 480 g/mol. The lowest BCUT2D eigenvalue weighted by atomic mass is 9.88. The van der Waals surface area contributed by atoms with Crippen LogP contribution in [0, 0.1) is 5.41 Å². The Morgan fingerprint density at radius 3 is 2.30 bits per heavy atom. The molecule has 0 radical (unpaired) electrons. The number of hydrogen-bond acceptors (Lipinski definition) is 7. The number of carbonyl (C=O) groups is 2. The van der Waals surface area contributed by atoms with E-state index in [0.29, 0.717) is 47.2 Å². The molecule has 3 heterocycles. The van der Waals surface area contributed by atoms with E-state index in [1.54, 1.807) is 51.5 Å². The predicted octanol–water partition coefficient (Wildman–Crippen LogP) is 5.53. The second kappa shape index (κ2) is 8.71. The van der Waals surface area contributed by atoms with Crippen LogP contribution < -0.4 is 5.32 Å². The molecule has 2 aromatic heterocycles. The maximum absolute atomic E-state index is 13.7. The van der Waals surface area contributed by atoms with E-state index in [1.807, 2.05) is 0 Å². The molecule has 1 aromatic carbocycles. The van der Waals surface area contributed by atoms with Crippen molar-refractivity contribution in [3.8, 4) is 11.1 Å². The maximum atomic E-state index is 13.7. The van der Waals surface area contributed by atoms with Crippen molar-refractivity contribution >= 4 is 28.9 Å². The molecule has 1 unspecified atom stereocenters. The van der Waals surface area contributed by atoms with Crippen molar-refractivity contribution in [1.82, 2.24) is 19.9 Å². The normalized spacial score (nSPS) is 19.2. The summed E-state index contributed by atoms with van der Waals surface area (Å²) in [7, 11) is 0. The Morgan fingerprint density at radius 1 is 1.05 bits per heavy atom. The molecule has 2 aliphatic rings. The molecule has 1 N–H and O–H groups in total. The van der Waals surface area contributed by atoms with Crippen LogP contribution >= 0.6 is 0 Å². The first kappa shape index (κ1) is 25.0. The Kier molecular flexibility index (Phi) is 5.88. The number of nitrogens with zero attached hydrogens (tertiary/aromatic N) is 4. The van der Waals surface area contributed by atoms with Gasteiger partial charge < -0.3 is 10.1 Å². The minimum Gasteiger partial charge on any atom is -0.443 e. The summed E-state index contributed by atoms with van der Waals surface area (Å²) in [5.74, 6) is -2.68. The van der Waals surface area contributed by atoms with E-state index in [1.165, 1.54) is 17.0 Å². The van der Waals surface area contributed by atoms with Crippen LogP contribution in [-0.2, 0) is 15.5 Å². The van der Waals surface area contributed by atoms with Crippen molar-refractivity contribution < 1.29 is 23.1 Å². The van der Waals surface area contributed by atoms with Crippen molar-refractivity contribution in [3.63, 3.8) is 0 Å². The Morgan fingerprint density at radius 2 is 1.70 bits per heavy atom. The number of piperidine rings is 1. The average Bonchev–Trinajstić information content (AvgIpc) is 3.62. The van der Waals surface area contributed by atoms with Gasteiger partial charge in [0.15, 0.2) is 5.82 Å². The molecule has 1 aliphatic carbocycles. The highest BCUT2D eigenvalue weighted by molar-refractivity contribution is 5.99. The number of fused-ring (bicyclic) bond motifs is 1. The number of halogens is 2. The van der Waals surface area contributed by atoms with Crippen molar-refractivity contribution in [1.29, 1.82) is 0 Å². The van der Waals surface area contributed by atoms with E-state index in [-0.39, 0.29) is 24.1 Å². The highest BCUT2D eigenvalue weighted by Crippen LogP contribution is 2.54. The summed E-state index contributed by atoms with van der Waals surface area (Å²) in [6.45, 7) is 6.41. The van der Waals surface area contributed by atoms with Gasteiger partial charge in [-0.15, -0.1) is 0 Å². The third-order valence-corrected chi connectivity index (χ3v) is 6.90. The number of carbonyl (C=O) groups excluding carboxylic acids is 2. The van der Waals surface area contributed by atoms with Crippen LogP contribution in [0.3, 0.4) is 0 Å². The largest absolute Gasteiger partial charge is 0.443 e. The topological polar surface area (TPSA) is 97.3 Å². The highest BCUT2D eigenvalue weighted by atomic mass is 19.3. The fourth-order valence-electron chi connectivity index (χ4n) is 4.84. The standard InChI is InChI=1S/C27H29F2N5O3/c1-25(2,3)37-24(36)34-14-9-19(27(10-11-27)23(34)35)33-22-21-20(30-12-13-31-21)18(15-32-22)16-5-7-17(8-6-16)26(4,28)29/h5-8,12-13,15,19H,9-11,14H2,1-4H3,(H,32,33). The molecule has 0 bridgehead atoms. The fourth-order valence-corrected chi connectivity index (χ4v) is 4.84. The molecule has 10 heteroatoms. The van der Waals surface area contributed by atoms with Crippen molar-refractivity contribution in [2.45, 2.75) is 64.5 Å². The number of likely N-dealkylation sites (tertiary alicyclic amines) is 1. The van der Waals surface area contributed by atoms with Gasteiger partial charge in [-0.25, -0.2) is 28.4 Å². The summed E-state index contributed by atoms with van der Waals surface area (Å²) in [6, 6.07) is 5.80. The lowest BCUT2D eigenvalue weighted by Gasteiger charge is -2.38. The fraction of sp³-hybridized carbons (Fsp3) is 0.444. The monoisotopic (exact) mass is 509 g/mol. The summed E-state index contributed by atoms with van der Waals surface area (Å²) in [6.07, 6.45) is 6.02. The van der Waals surface area contributed by atoms with Gasteiger partial charge >= 0.3 is 6.09 Å². The van der Waals surface area contributed by atoms with E-state index in [0.717, 1.165) is 6.92 Å². The number of nitrogens with one attached hydrogen (secondary N) is 1. The smallest absolute Gasteiger partial charge is 0.417 e. The first-order valence-electron chi connectivity index (χ1n) is 12.3. The van der Waals surface area contributed by atoms with E-state index in [4.69, 9.17) is 4.74 Å². The quantitative estimate of drug-likeness (QED) is 0.494. The molecule has 1 atom stereocenters. The van der Waals surface area contributed by atoms with Crippen molar-refractivity contribution in [3.05, 3.63) is 48.4 Å². The predicted molar refractivity (Wildman–Crippen MR) is 134 cm³/mol. The highest BCUT2D eigenvalue weighted by Gasteiger charge is 2.60. The van der Waals surface area contributed by atoms with Gasteiger partial charge in [0, 0.05) is 49.2 Å². The third kappa shape index (κ3) is 4.72. The molecule has 1 saturated heterocycles. The first-order valence-corrected chi connectivity index (χ1v) is 12.3. The Balaban J connectivity index is 1.41. The molecule has 2 fully saturated rings. The third-order valence-electron chi connectivity index (χ3n) is 6.90. The number of ether oxygens (including phenoxy) is 1. The lowest BCUT2D eigenvalue weighted by Crippen LogP contribution is -2.55. The van der Waals surface area contributed by atoms with Gasteiger partial charge in [-0.1, -0.05) is 24.3 Å². The molecule has 194 valence electrons. The maximum Gasteiger partial charge on any atom is 0.417 e. The number of alkyl halides is 2. The van der Waals surface area contributed by atoms with Crippen LogP contribution in [0.4, 0.5) is 19.4 Å². The van der Waals surface area contributed by atoms with Crippen LogP contribution in [0.15, 0.2) is 42.9 Å². The minimum absolute atomic E-state index is 0.0741. The van der Waals surface area contributed by atoms with E-state index < -0.39 is 23.0 Å². The van der Waals surface area contributed by atoms with Crippen molar-refractivity contribution in [2.75, 3.05) is 11.9 Å². The zero-order valence-corrected chi connectivity index (χ0v) is 21.2. The van der Waals surface area contributed by atoms with Crippen LogP contribution in [0.2, 0.25) is 0 Å². The van der Waals surface area contributed by atoms with Gasteiger partial charge in [0.25, 0.3) is 5.92 Å². The summed E-state index contributed by atoms with van der Waals surface area (Å²) in [4.78, 5) is 40.7. The van der Waals surface area contributed by atoms with Gasteiger partial charge in [0.05, 0.1) is 5.41 Å². The number of hydrogen-bond donors (Lipinski definition) is 1. The molecule has 5 rings (SSSR count). The Labute approximate surface area is 213 Å². The molecule has 1 saturated carbocycles. The van der Waals surface area contributed by atoms with Crippen LogP contribution in [0.5, 0.6) is 0 Å². The van der Waals surface area contributed by atoms with Gasteiger partial charge in [0.1, 0.15) is 16.6 Å². The second-order valence-electron chi connectivity index (χ2n) is 10.8. The molecule has 1 spiro atoms. The van der Waals surface area contributed by atoms with Gasteiger partial charge in [-0.2, -0.15) is 0 Å². The number of anilines is 1. The number of pyridine rings is 1. The number of imide groups is 1. The summed E-state index contributed by atoms with van der Waals surface area (Å²) in [5, 5.41) is 3.41. The summed E-state index contributed by atoms with van der Waals surface area (Å²) >= 11 is 0. The van der Waals surface area contributed by atoms with Crippen LogP contribution in [0.1, 0.15) is 52.5 Å². The number of amides is 2. The molecular formula is C27H29F2N5O3.